The van der Waals surface area contributed by atoms with Crippen molar-refractivity contribution in [1.29, 1.82) is 0 Å². The summed E-state index contributed by atoms with van der Waals surface area (Å²) in [4.78, 5) is 13.6. The van der Waals surface area contributed by atoms with Crippen LogP contribution in [-0.4, -0.2) is 19.0 Å². The molecule has 1 aromatic rings. The van der Waals surface area contributed by atoms with E-state index < -0.39 is 0 Å². The molecule has 4 heteroatoms. The molecule has 0 bridgehead atoms. The Bertz CT molecular complexity index is 447. The number of para-hydroxylation sites is 1. The van der Waals surface area contributed by atoms with Gasteiger partial charge in [-0.3, -0.25) is 4.79 Å². The number of nitrogens with zero attached hydrogens (tertiary/aromatic N) is 1. The predicted molar refractivity (Wildman–Crippen MR) is 75.1 cm³/mol. The molecule has 1 amide bonds. The minimum absolute atomic E-state index is 0.0535. The summed E-state index contributed by atoms with van der Waals surface area (Å²) < 4.78 is 0. The van der Waals surface area contributed by atoms with Gasteiger partial charge in [-0.1, -0.05) is 23.7 Å². The molecule has 1 aromatic carbocycles. The van der Waals surface area contributed by atoms with Crippen molar-refractivity contribution < 1.29 is 4.79 Å². The van der Waals surface area contributed by atoms with E-state index >= 15 is 0 Å². The SMILES string of the molecule is CC(=O)N1CCCC(CCN)c2cccc(Cl)c21. The van der Waals surface area contributed by atoms with Crippen LogP contribution >= 0.6 is 11.6 Å². The summed E-state index contributed by atoms with van der Waals surface area (Å²) in [7, 11) is 0. The Hall–Kier alpha value is -1.06. The summed E-state index contributed by atoms with van der Waals surface area (Å²) in [6.45, 7) is 3.00. The second-order valence-electron chi connectivity index (χ2n) is 4.76. The van der Waals surface area contributed by atoms with E-state index in [0.717, 1.165) is 31.5 Å². The zero-order valence-electron chi connectivity index (χ0n) is 10.7. The number of amides is 1. The standard InChI is InChI=1S/C14H19ClN2O/c1-10(18)17-9-3-4-11(7-8-16)12-5-2-6-13(15)14(12)17/h2,5-6,11H,3-4,7-9,16H2,1H3. The highest BCUT2D eigenvalue weighted by molar-refractivity contribution is 6.34. The fourth-order valence-corrected chi connectivity index (χ4v) is 3.01. The molecule has 0 fully saturated rings. The van der Waals surface area contributed by atoms with E-state index in [0.29, 0.717) is 17.5 Å². The van der Waals surface area contributed by atoms with Gasteiger partial charge in [0.2, 0.25) is 5.91 Å². The molecule has 0 aromatic heterocycles. The molecular formula is C14H19ClN2O. The minimum atomic E-state index is 0.0535. The lowest BCUT2D eigenvalue weighted by Gasteiger charge is -2.24. The van der Waals surface area contributed by atoms with Gasteiger partial charge in [0, 0.05) is 13.5 Å². The van der Waals surface area contributed by atoms with Gasteiger partial charge in [0.05, 0.1) is 10.7 Å². The maximum atomic E-state index is 11.8. The third-order valence-electron chi connectivity index (χ3n) is 3.56. The van der Waals surface area contributed by atoms with Crippen LogP contribution in [0.15, 0.2) is 18.2 Å². The van der Waals surface area contributed by atoms with Gasteiger partial charge in [-0.05, 0) is 43.4 Å². The number of rotatable bonds is 2. The summed E-state index contributed by atoms with van der Waals surface area (Å²) in [5, 5.41) is 0.659. The van der Waals surface area contributed by atoms with Gasteiger partial charge in [0.1, 0.15) is 0 Å². The Morgan fingerprint density at radius 1 is 1.56 bits per heavy atom. The zero-order chi connectivity index (χ0) is 13.1. The number of fused-ring (bicyclic) bond motifs is 1. The number of benzene rings is 1. The minimum Gasteiger partial charge on any atom is -0.330 e. The maximum absolute atomic E-state index is 11.8. The van der Waals surface area contributed by atoms with Crippen molar-refractivity contribution in [3.63, 3.8) is 0 Å². The largest absolute Gasteiger partial charge is 0.330 e. The molecule has 1 aliphatic heterocycles. The molecule has 0 spiro atoms. The maximum Gasteiger partial charge on any atom is 0.223 e. The van der Waals surface area contributed by atoms with Gasteiger partial charge in [-0.2, -0.15) is 0 Å². The van der Waals surface area contributed by atoms with Gasteiger partial charge < -0.3 is 10.6 Å². The molecule has 3 nitrogen and oxygen atoms in total. The van der Waals surface area contributed by atoms with Crippen molar-refractivity contribution in [2.45, 2.75) is 32.1 Å². The summed E-state index contributed by atoms with van der Waals surface area (Å²) in [6, 6.07) is 5.87. The first-order valence-corrected chi connectivity index (χ1v) is 6.79. The van der Waals surface area contributed by atoms with Gasteiger partial charge in [-0.25, -0.2) is 0 Å². The number of halogens is 1. The first-order chi connectivity index (χ1) is 8.65. The van der Waals surface area contributed by atoms with E-state index in [-0.39, 0.29) is 5.91 Å². The molecule has 0 radical (unpaired) electrons. The molecule has 0 saturated carbocycles. The average Bonchev–Trinajstić information content (AvgIpc) is 2.51. The monoisotopic (exact) mass is 266 g/mol. The third kappa shape index (κ3) is 2.52. The van der Waals surface area contributed by atoms with Crippen LogP contribution in [0, 0.1) is 0 Å². The van der Waals surface area contributed by atoms with Crippen molar-refractivity contribution in [1.82, 2.24) is 0 Å². The number of carbonyl (C=O) groups is 1. The second kappa shape index (κ2) is 5.72. The van der Waals surface area contributed by atoms with Crippen molar-refractivity contribution >= 4 is 23.2 Å². The Morgan fingerprint density at radius 3 is 3.00 bits per heavy atom. The molecule has 1 aliphatic rings. The lowest BCUT2D eigenvalue weighted by Crippen LogP contribution is -2.29. The van der Waals surface area contributed by atoms with Crippen LogP contribution in [0.2, 0.25) is 5.02 Å². The zero-order valence-corrected chi connectivity index (χ0v) is 11.4. The van der Waals surface area contributed by atoms with E-state index in [2.05, 4.69) is 6.07 Å². The number of carbonyl (C=O) groups excluding carboxylic acids is 1. The first kappa shape index (κ1) is 13.4. The predicted octanol–water partition coefficient (Wildman–Crippen LogP) is 2.92. The van der Waals surface area contributed by atoms with Crippen molar-refractivity contribution in [3.8, 4) is 0 Å². The topological polar surface area (TPSA) is 46.3 Å². The van der Waals surface area contributed by atoms with Gasteiger partial charge >= 0.3 is 0 Å². The molecule has 18 heavy (non-hydrogen) atoms. The van der Waals surface area contributed by atoms with Crippen LogP contribution in [0.5, 0.6) is 0 Å². The lowest BCUT2D eigenvalue weighted by molar-refractivity contribution is -0.116. The molecule has 1 atom stereocenters. The van der Waals surface area contributed by atoms with E-state index in [9.17, 15) is 4.79 Å². The molecule has 1 heterocycles. The number of hydrogen-bond donors (Lipinski definition) is 1. The van der Waals surface area contributed by atoms with E-state index in [1.807, 2.05) is 12.1 Å². The van der Waals surface area contributed by atoms with Crippen LogP contribution in [0.1, 0.15) is 37.7 Å². The van der Waals surface area contributed by atoms with Crippen LogP contribution in [0.25, 0.3) is 0 Å². The molecular weight excluding hydrogens is 248 g/mol. The smallest absolute Gasteiger partial charge is 0.223 e. The molecule has 2 N–H and O–H groups in total. The van der Waals surface area contributed by atoms with E-state index in [1.54, 1.807) is 11.8 Å². The normalized spacial score (nSPS) is 19.3. The Labute approximate surface area is 113 Å². The highest BCUT2D eigenvalue weighted by Gasteiger charge is 2.26. The van der Waals surface area contributed by atoms with Crippen LogP contribution in [0.3, 0.4) is 0 Å². The van der Waals surface area contributed by atoms with Crippen LogP contribution in [0.4, 0.5) is 5.69 Å². The molecule has 0 aliphatic carbocycles. The number of nitrogens with two attached hydrogens (primary N) is 1. The fraction of sp³-hybridized carbons (Fsp3) is 0.500. The Kier molecular flexibility index (Phi) is 4.25. The molecule has 98 valence electrons. The van der Waals surface area contributed by atoms with Gasteiger partial charge in [0.25, 0.3) is 0 Å². The lowest BCUT2D eigenvalue weighted by atomic mass is 9.91. The van der Waals surface area contributed by atoms with Crippen molar-refractivity contribution in [3.05, 3.63) is 28.8 Å². The molecule has 0 saturated heterocycles. The van der Waals surface area contributed by atoms with Gasteiger partial charge in [-0.15, -0.1) is 0 Å². The van der Waals surface area contributed by atoms with Crippen LogP contribution in [-0.2, 0) is 4.79 Å². The number of hydrogen-bond acceptors (Lipinski definition) is 2. The summed E-state index contributed by atoms with van der Waals surface area (Å²) in [5.41, 5.74) is 7.75. The summed E-state index contributed by atoms with van der Waals surface area (Å²) in [6.07, 6.45) is 3.00. The fourth-order valence-electron chi connectivity index (χ4n) is 2.73. The quantitative estimate of drug-likeness (QED) is 0.895. The second-order valence-corrected chi connectivity index (χ2v) is 5.17. The number of anilines is 1. The summed E-state index contributed by atoms with van der Waals surface area (Å²) in [5.74, 6) is 0.464. The van der Waals surface area contributed by atoms with Gasteiger partial charge in [0.15, 0.2) is 0 Å². The molecule has 1 unspecified atom stereocenters. The average molecular weight is 267 g/mol. The highest BCUT2D eigenvalue weighted by atomic mass is 35.5. The van der Waals surface area contributed by atoms with Crippen LogP contribution < -0.4 is 10.6 Å². The first-order valence-electron chi connectivity index (χ1n) is 6.41. The third-order valence-corrected chi connectivity index (χ3v) is 3.86. The summed E-state index contributed by atoms with van der Waals surface area (Å²) >= 11 is 6.29. The molecule has 2 rings (SSSR count). The Balaban J connectivity index is 2.50. The van der Waals surface area contributed by atoms with Crippen molar-refractivity contribution in [2.75, 3.05) is 18.0 Å². The van der Waals surface area contributed by atoms with E-state index in [4.69, 9.17) is 17.3 Å². The van der Waals surface area contributed by atoms with E-state index in [1.165, 1.54) is 5.56 Å². The Morgan fingerprint density at radius 2 is 2.33 bits per heavy atom. The highest BCUT2D eigenvalue weighted by Crippen LogP contribution is 2.40. The van der Waals surface area contributed by atoms with Crippen molar-refractivity contribution in [2.24, 2.45) is 5.73 Å².